The second kappa shape index (κ2) is 8.43. The molecule has 1 aromatic heterocycles. The molecule has 1 heterocycles. The van der Waals surface area contributed by atoms with Crippen LogP contribution in [0.25, 0.3) is 0 Å². The Hall–Kier alpha value is -2.21. The summed E-state index contributed by atoms with van der Waals surface area (Å²) in [5, 5.41) is 6.98. The maximum atomic E-state index is 12.7. The predicted molar refractivity (Wildman–Crippen MR) is 93.5 cm³/mol. The molecule has 122 valence electrons. The molecule has 23 heavy (non-hydrogen) atoms. The van der Waals surface area contributed by atoms with Crippen LogP contribution in [0.2, 0.25) is 0 Å². The number of rotatable bonds is 8. The van der Waals surface area contributed by atoms with Gasteiger partial charge in [-0.3, -0.25) is 14.5 Å². The van der Waals surface area contributed by atoms with Gasteiger partial charge >= 0.3 is 0 Å². The van der Waals surface area contributed by atoms with Crippen molar-refractivity contribution in [2.45, 2.75) is 32.9 Å². The number of amides is 1. The van der Waals surface area contributed by atoms with Gasteiger partial charge in [0.1, 0.15) is 12.4 Å². The number of hydrogen-bond acceptors (Lipinski definition) is 3. The maximum Gasteiger partial charge on any atom is 0.243 e. The Morgan fingerprint density at radius 1 is 1.43 bits per heavy atom. The minimum atomic E-state index is 0.00334. The van der Waals surface area contributed by atoms with Crippen LogP contribution in [0.3, 0.4) is 0 Å². The molecule has 0 saturated carbocycles. The second-order valence-electron chi connectivity index (χ2n) is 5.33. The first kappa shape index (κ1) is 17.1. The van der Waals surface area contributed by atoms with Crippen molar-refractivity contribution in [3.05, 3.63) is 59.1 Å². The minimum absolute atomic E-state index is 0.00334. The summed E-state index contributed by atoms with van der Waals surface area (Å²) in [6.45, 7) is 7.08. The first-order chi connectivity index (χ1) is 11.2. The van der Waals surface area contributed by atoms with Gasteiger partial charge in [-0.25, -0.2) is 0 Å². The maximum absolute atomic E-state index is 12.7. The Balaban J connectivity index is 2.14. The zero-order chi connectivity index (χ0) is 16.7. The van der Waals surface area contributed by atoms with E-state index in [1.54, 1.807) is 15.5 Å². The molecule has 6 heteroatoms. The fraction of sp³-hybridized carbons (Fsp3) is 0.353. The summed E-state index contributed by atoms with van der Waals surface area (Å²) in [6, 6.07) is 9.92. The van der Waals surface area contributed by atoms with Crippen molar-refractivity contribution in [3.63, 3.8) is 0 Å². The Labute approximate surface area is 141 Å². The first-order valence-electron chi connectivity index (χ1n) is 7.72. The molecule has 0 radical (unpaired) electrons. The van der Waals surface area contributed by atoms with Crippen LogP contribution in [0.1, 0.15) is 24.7 Å². The smallest absolute Gasteiger partial charge is 0.243 e. The van der Waals surface area contributed by atoms with Gasteiger partial charge in [0.05, 0.1) is 0 Å². The molecule has 0 fully saturated rings. The third-order valence-electron chi connectivity index (χ3n) is 3.52. The van der Waals surface area contributed by atoms with Crippen LogP contribution in [0.5, 0.6) is 0 Å². The molecule has 0 bridgehead atoms. The zero-order valence-corrected chi connectivity index (χ0v) is 14.2. The fourth-order valence-electron chi connectivity index (χ4n) is 2.38. The number of carbonyl (C=O) groups excluding carboxylic acids is 1. The van der Waals surface area contributed by atoms with Crippen LogP contribution in [-0.2, 0) is 24.3 Å². The van der Waals surface area contributed by atoms with Gasteiger partial charge in [0.2, 0.25) is 5.91 Å². The zero-order valence-electron chi connectivity index (χ0n) is 13.4. The number of aryl methyl sites for hydroxylation is 1. The molecule has 2 aromatic rings. The molecule has 0 aliphatic rings. The fourth-order valence-corrected chi connectivity index (χ4v) is 2.59. The van der Waals surface area contributed by atoms with Gasteiger partial charge in [-0.15, -0.1) is 6.58 Å². The molecule has 0 aliphatic heterocycles. The molecule has 1 aromatic carbocycles. The summed E-state index contributed by atoms with van der Waals surface area (Å²) >= 11 is 5.24. The molecule has 0 atom stereocenters. The lowest BCUT2D eigenvalue weighted by molar-refractivity contribution is -0.132. The highest BCUT2D eigenvalue weighted by Crippen LogP contribution is 2.08. The molecule has 0 aliphatic carbocycles. The van der Waals surface area contributed by atoms with Gasteiger partial charge in [0.25, 0.3) is 0 Å². The number of carbonyl (C=O) groups is 1. The lowest BCUT2D eigenvalue weighted by atomic mass is 10.2. The van der Waals surface area contributed by atoms with Gasteiger partial charge < -0.3 is 4.90 Å². The van der Waals surface area contributed by atoms with E-state index in [0.717, 1.165) is 24.2 Å². The first-order valence-corrected chi connectivity index (χ1v) is 8.13. The van der Waals surface area contributed by atoms with E-state index in [0.29, 0.717) is 17.9 Å². The molecule has 5 nitrogen and oxygen atoms in total. The SMILES string of the molecule is C=CCN(Cc1ccccc1)C(=O)Cn1c(CCC)n[nH]c1=S. The number of H-pyrrole nitrogens is 1. The van der Waals surface area contributed by atoms with E-state index in [1.807, 2.05) is 30.3 Å². The average Bonchev–Trinajstić information content (AvgIpc) is 2.89. The van der Waals surface area contributed by atoms with Crippen LogP contribution in [0.15, 0.2) is 43.0 Å². The van der Waals surface area contributed by atoms with E-state index < -0.39 is 0 Å². The molecule has 1 amide bonds. The predicted octanol–water partition coefficient (Wildman–Crippen LogP) is 3.11. The molecular weight excluding hydrogens is 308 g/mol. The second-order valence-corrected chi connectivity index (χ2v) is 5.72. The summed E-state index contributed by atoms with van der Waals surface area (Å²) in [4.78, 5) is 14.5. The Morgan fingerprint density at radius 2 is 2.17 bits per heavy atom. The van der Waals surface area contributed by atoms with Crippen molar-refractivity contribution in [2.24, 2.45) is 0 Å². The summed E-state index contributed by atoms with van der Waals surface area (Å²) in [5.41, 5.74) is 1.09. The number of hydrogen-bond donors (Lipinski definition) is 1. The van der Waals surface area contributed by atoms with Gasteiger partial charge in [-0.2, -0.15) is 5.10 Å². The molecule has 0 saturated heterocycles. The highest BCUT2D eigenvalue weighted by Gasteiger charge is 2.16. The van der Waals surface area contributed by atoms with E-state index in [2.05, 4.69) is 23.7 Å². The van der Waals surface area contributed by atoms with Crippen molar-refractivity contribution < 1.29 is 4.79 Å². The summed E-state index contributed by atoms with van der Waals surface area (Å²) in [7, 11) is 0. The van der Waals surface area contributed by atoms with E-state index in [4.69, 9.17) is 12.2 Å². The molecule has 1 N–H and O–H groups in total. The number of benzene rings is 1. The monoisotopic (exact) mass is 330 g/mol. The lowest BCUT2D eigenvalue weighted by Crippen LogP contribution is -2.34. The van der Waals surface area contributed by atoms with Crippen LogP contribution >= 0.6 is 12.2 Å². The van der Waals surface area contributed by atoms with Crippen molar-refractivity contribution in [1.29, 1.82) is 0 Å². The average molecular weight is 330 g/mol. The van der Waals surface area contributed by atoms with Gasteiger partial charge in [0.15, 0.2) is 4.77 Å². The van der Waals surface area contributed by atoms with Gasteiger partial charge in [0, 0.05) is 19.5 Å². The molecule has 0 unspecified atom stereocenters. The van der Waals surface area contributed by atoms with Crippen LogP contribution in [0.4, 0.5) is 0 Å². The largest absolute Gasteiger partial charge is 0.333 e. The highest BCUT2D eigenvalue weighted by molar-refractivity contribution is 7.71. The quantitative estimate of drug-likeness (QED) is 0.598. The summed E-state index contributed by atoms with van der Waals surface area (Å²) < 4.78 is 2.27. The molecule has 0 spiro atoms. The highest BCUT2D eigenvalue weighted by atomic mass is 32.1. The molecule has 2 rings (SSSR count). The lowest BCUT2D eigenvalue weighted by Gasteiger charge is -2.22. The Kier molecular flexibility index (Phi) is 6.29. The van der Waals surface area contributed by atoms with Crippen molar-refractivity contribution in [3.8, 4) is 0 Å². The summed E-state index contributed by atoms with van der Waals surface area (Å²) in [5.74, 6) is 0.827. The normalized spacial score (nSPS) is 10.5. The van der Waals surface area contributed by atoms with E-state index in [-0.39, 0.29) is 12.5 Å². The van der Waals surface area contributed by atoms with Gasteiger partial charge in [-0.1, -0.05) is 43.3 Å². The van der Waals surface area contributed by atoms with Crippen LogP contribution in [0, 0.1) is 4.77 Å². The molecular formula is C17H22N4OS. The standard InChI is InChI=1S/C17H22N4OS/c1-3-8-15-18-19-17(23)21(15)13-16(22)20(11-4-2)12-14-9-6-5-7-10-14/h4-7,9-10H,2-3,8,11-13H2,1H3,(H,19,23). The Morgan fingerprint density at radius 3 is 2.83 bits per heavy atom. The van der Waals surface area contributed by atoms with E-state index in [9.17, 15) is 4.79 Å². The third kappa shape index (κ3) is 4.63. The van der Waals surface area contributed by atoms with Crippen molar-refractivity contribution in [1.82, 2.24) is 19.7 Å². The topological polar surface area (TPSA) is 53.9 Å². The van der Waals surface area contributed by atoms with Crippen molar-refractivity contribution in [2.75, 3.05) is 6.54 Å². The van der Waals surface area contributed by atoms with E-state index >= 15 is 0 Å². The van der Waals surface area contributed by atoms with Crippen LogP contribution < -0.4 is 0 Å². The third-order valence-corrected chi connectivity index (χ3v) is 3.83. The number of nitrogens with zero attached hydrogens (tertiary/aromatic N) is 3. The van der Waals surface area contributed by atoms with E-state index in [1.165, 1.54) is 0 Å². The van der Waals surface area contributed by atoms with Crippen LogP contribution in [-0.4, -0.2) is 32.1 Å². The Bertz CT molecular complexity index is 705. The number of nitrogens with one attached hydrogen (secondary N) is 1. The minimum Gasteiger partial charge on any atom is -0.333 e. The van der Waals surface area contributed by atoms with Crippen molar-refractivity contribution >= 4 is 18.1 Å². The number of aromatic nitrogens is 3. The van der Waals surface area contributed by atoms with Gasteiger partial charge in [-0.05, 0) is 24.2 Å². The summed E-state index contributed by atoms with van der Waals surface area (Å²) in [6.07, 6.45) is 3.48. The number of aromatic amines is 1.